The molecule has 29 heavy (non-hydrogen) atoms. The third kappa shape index (κ3) is 4.09. The zero-order valence-electron chi connectivity index (χ0n) is 15.2. The molecule has 0 aromatic heterocycles. The average Bonchev–Trinajstić information content (AvgIpc) is 2.74. The Morgan fingerprint density at radius 2 is 1.38 bits per heavy atom. The number of carbonyl (C=O) groups is 2. The summed E-state index contributed by atoms with van der Waals surface area (Å²) in [6.07, 6.45) is 0. The number of hydrogen-bond donors (Lipinski definition) is 1. The van der Waals surface area contributed by atoms with Crippen molar-refractivity contribution in [2.45, 2.75) is 0 Å². The molecule has 0 heterocycles. The van der Waals surface area contributed by atoms with Crippen LogP contribution in [0.2, 0.25) is 0 Å². The lowest BCUT2D eigenvalue weighted by Gasteiger charge is -2.11. The van der Waals surface area contributed by atoms with Crippen LogP contribution >= 0.6 is 0 Å². The van der Waals surface area contributed by atoms with Gasteiger partial charge in [-0.2, -0.15) is 0 Å². The maximum atomic E-state index is 12.7. The minimum absolute atomic E-state index is 0.0280. The van der Waals surface area contributed by atoms with Crippen LogP contribution in [0.4, 0.5) is 0 Å². The van der Waals surface area contributed by atoms with Gasteiger partial charge >= 0.3 is 11.9 Å². The summed E-state index contributed by atoms with van der Waals surface area (Å²) in [6, 6.07) is 25.3. The van der Waals surface area contributed by atoms with Crippen LogP contribution in [0.3, 0.4) is 0 Å². The van der Waals surface area contributed by atoms with Crippen LogP contribution < -0.4 is 9.47 Å². The number of esters is 2. The third-order valence-corrected chi connectivity index (χ3v) is 4.33. The molecule has 142 valence electrons. The van der Waals surface area contributed by atoms with Crippen molar-refractivity contribution in [2.24, 2.45) is 0 Å². The summed E-state index contributed by atoms with van der Waals surface area (Å²) in [5, 5.41) is 11.7. The van der Waals surface area contributed by atoms with Gasteiger partial charge in [0.15, 0.2) is 0 Å². The monoisotopic (exact) mass is 384 g/mol. The summed E-state index contributed by atoms with van der Waals surface area (Å²) in [5.74, 6) is -1.19. The van der Waals surface area contributed by atoms with Gasteiger partial charge in [-0.3, -0.25) is 0 Å². The number of fused-ring (bicyclic) bond motifs is 1. The minimum Gasteiger partial charge on any atom is -0.508 e. The predicted octanol–water partition coefficient (Wildman–Crippen LogP) is 4.98. The van der Waals surface area contributed by atoms with E-state index in [9.17, 15) is 14.7 Å². The highest BCUT2D eigenvalue weighted by atomic mass is 16.5. The Morgan fingerprint density at radius 1 is 0.655 bits per heavy atom. The molecule has 4 aromatic carbocycles. The molecule has 4 rings (SSSR count). The zero-order valence-corrected chi connectivity index (χ0v) is 15.2. The Hall–Kier alpha value is -4.12. The highest BCUT2D eigenvalue weighted by Gasteiger charge is 2.19. The van der Waals surface area contributed by atoms with Crippen molar-refractivity contribution in [1.29, 1.82) is 0 Å². The Bertz CT molecular complexity index is 1200. The molecule has 0 aliphatic heterocycles. The number of phenols is 1. The van der Waals surface area contributed by atoms with Gasteiger partial charge in [-0.25, -0.2) is 9.59 Å². The Kier molecular flexibility index (Phi) is 4.95. The first-order valence-electron chi connectivity index (χ1n) is 8.91. The molecule has 0 saturated heterocycles. The second-order valence-electron chi connectivity index (χ2n) is 6.33. The fourth-order valence-corrected chi connectivity index (χ4v) is 2.89. The van der Waals surface area contributed by atoms with Gasteiger partial charge in [0.1, 0.15) is 22.8 Å². The van der Waals surface area contributed by atoms with Crippen LogP contribution in [0.5, 0.6) is 17.2 Å². The van der Waals surface area contributed by atoms with Crippen molar-refractivity contribution >= 4 is 22.7 Å². The number of ether oxygens (including phenoxy) is 2. The van der Waals surface area contributed by atoms with E-state index in [0.717, 1.165) is 10.8 Å². The van der Waals surface area contributed by atoms with Gasteiger partial charge in [0, 0.05) is 6.07 Å². The molecule has 0 fully saturated rings. The number of rotatable bonds is 4. The first-order valence-corrected chi connectivity index (χ1v) is 8.91. The molecule has 0 aliphatic rings. The molecule has 4 aromatic rings. The van der Waals surface area contributed by atoms with Crippen molar-refractivity contribution < 1.29 is 24.2 Å². The average molecular weight is 384 g/mol. The second-order valence-corrected chi connectivity index (χ2v) is 6.33. The van der Waals surface area contributed by atoms with Crippen LogP contribution in [-0.4, -0.2) is 17.0 Å². The molecule has 0 amide bonds. The van der Waals surface area contributed by atoms with Gasteiger partial charge in [0.25, 0.3) is 0 Å². The first-order chi connectivity index (χ1) is 14.1. The van der Waals surface area contributed by atoms with Crippen molar-refractivity contribution in [1.82, 2.24) is 0 Å². The molecule has 0 radical (unpaired) electrons. The van der Waals surface area contributed by atoms with Crippen molar-refractivity contribution in [3.63, 3.8) is 0 Å². The van der Waals surface area contributed by atoms with Gasteiger partial charge in [0.05, 0.1) is 5.56 Å². The van der Waals surface area contributed by atoms with Crippen molar-refractivity contribution in [3.8, 4) is 17.2 Å². The van der Waals surface area contributed by atoms with E-state index in [2.05, 4.69) is 0 Å². The highest BCUT2D eigenvalue weighted by Crippen LogP contribution is 2.27. The van der Waals surface area contributed by atoms with E-state index in [1.54, 1.807) is 42.5 Å². The summed E-state index contributed by atoms with van der Waals surface area (Å²) >= 11 is 0. The fraction of sp³-hybridized carbons (Fsp3) is 0. The molecule has 0 atom stereocenters. The summed E-state index contributed by atoms with van der Waals surface area (Å²) in [6.45, 7) is 0. The highest BCUT2D eigenvalue weighted by molar-refractivity contribution is 5.97. The molecule has 5 heteroatoms. The van der Waals surface area contributed by atoms with E-state index in [4.69, 9.17) is 9.47 Å². The quantitative estimate of drug-likeness (QED) is 0.397. The molecule has 0 saturated carbocycles. The summed E-state index contributed by atoms with van der Waals surface area (Å²) in [5.41, 5.74) is 0.352. The van der Waals surface area contributed by atoms with Gasteiger partial charge in [-0.05, 0) is 47.2 Å². The predicted molar refractivity (Wildman–Crippen MR) is 108 cm³/mol. The summed E-state index contributed by atoms with van der Waals surface area (Å²) < 4.78 is 10.8. The Labute approximate surface area is 166 Å². The van der Waals surface area contributed by atoms with Gasteiger partial charge < -0.3 is 14.6 Å². The van der Waals surface area contributed by atoms with Crippen LogP contribution in [0.1, 0.15) is 20.7 Å². The van der Waals surface area contributed by atoms with Gasteiger partial charge in [0.2, 0.25) is 0 Å². The fourth-order valence-electron chi connectivity index (χ4n) is 2.89. The Morgan fingerprint density at radius 3 is 2.17 bits per heavy atom. The van der Waals surface area contributed by atoms with Gasteiger partial charge in [-0.15, -0.1) is 0 Å². The maximum absolute atomic E-state index is 12.7. The van der Waals surface area contributed by atoms with E-state index < -0.39 is 11.9 Å². The molecule has 0 unspecified atom stereocenters. The third-order valence-electron chi connectivity index (χ3n) is 4.33. The topological polar surface area (TPSA) is 72.8 Å². The molecular formula is C24H16O5. The number of phenolic OH excluding ortho intramolecular Hbond substituents is 1. The van der Waals surface area contributed by atoms with Crippen LogP contribution in [0.25, 0.3) is 10.8 Å². The van der Waals surface area contributed by atoms with Crippen molar-refractivity contribution in [2.75, 3.05) is 0 Å². The number of aromatic hydroxyl groups is 1. The summed E-state index contributed by atoms with van der Waals surface area (Å²) in [4.78, 5) is 25.1. The molecule has 5 nitrogen and oxygen atoms in total. The lowest BCUT2D eigenvalue weighted by molar-refractivity contribution is 0.0707. The van der Waals surface area contributed by atoms with E-state index in [0.29, 0.717) is 11.3 Å². The van der Waals surface area contributed by atoms with Gasteiger partial charge in [-0.1, -0.05) is 48.5 Å². The molecular weight excluding hydrogens is 368 g/mol. The van der Waals surface area contributed by atoms with E-state index in [1.165, 1.54) is 18.2 Å². The van der Waals surface area contributed by atoms with Crippen LogP contribution in [0.15, 0.2) is 91.0 Å². The minimum atomic E-state index is -0.698. The second kappa shape index (κ2) is 7.86. The number of benzene rings is 4. The lowest BCUT2D eigenvalue weighted by atomic mass is 10.1. The van der Waals surface area contributed by atoms with E-state index >= 15 is 0 Å². The largest absolute Gasteiger partial charge is 0.508 e. The van der Waals surface area contributed by atoms with Crippen LogP contribution in [0, 0.1) is 0 Å². The lowest BCUT2D eigenvalue weighted by Crippen LogP contribution is -2.14. The van der Waals surface area contributed by atoms with Crippen LogP contribution in [-0.2, 0) is 0 Å². The SMILES string of the molecule is O=C(Oc1cc(O)ccc1C(=O)Oc1ccc2ccccc2c1)c1ccccc1. The standard InChI is InChI=1S/C24H16O5/c25-19-11-13-21(22(15-19)29-23(26)17-7-2-1-3-8-17)24(27)28-20-12-10-16-6-4-5-9-18(16)14-20/h1-15,25H. The summed E-state index contributed by atoms with van der Waals surface area (Å²) in [7, 11) is 0. The molecule has 0 bridgehead atoms. The molecule has 0 aliphatic carbocycles. The number of hydrogen-bond acceptors (Lipinski definition) is 5. The molecule has 0 spiro atoms. The zero-order chi connectivity index (χ0) is 20.2. The first kappa shape index (κ1) is 18.3. The normalized spacial score (nSPS) is 10.5. The maximum Gasteiger partial charge on any atom is 0.347 e. The number of carbonyl (C=O) groups excluding carboxylic acids is 2. The van der Waals surface area contributed by atoms with Crippen molar-refractivity contribution in [3.05, 3.63) is 102 Å². The molecule has 1 N–H and O–H groups in total. The Balaban J connectivity index is 1.60. The smallest absolute Gasteiger partial charge is 0.347 e. The van der Waals surface area contributed by atoms with E-state index in [-0.39, 0.29) is 17.1 Å². The van der Waals surface area contributed by atoms with E-state index in [1.807, 2.05) is 30.3 Å².